The van der Waals surface area contributed by atoms with Gasteiger partial charge in [0.2, 0.25) is 11.9 Å². The van der Waals surface area contributed by atoms with Gasteiger partial charge in [-0.1, -0.05) is 23.7 Å². The first-order chi connectivity index (χ1) is 12.6. The first kappa shape index (κ1) is 18.6. The summed E-state index contributed by atoms with van der Waals surface area (Å²) in [5, 5.41) is 0.743. The van der Waals surface area contributed by atoms with Crippen LogP contribution in [0.15, 0.2) is 42.7 Å². The van der Waals surface area contributed by atoms with Gasteiger partial charge in [0, 0.05) is 63.1 Å². The third-order valence-corrected chi connectivity index (χ3v) is 4.75. The van der Waals surface area contributed by atoms with E-state index in [1.54, 1.807) is 12.4 Å². The van der Waals surface area contributed by atoms with E-state index in [-0.39, 0.29) is 5.91 Å². The normalized spacial score (nSPS) is 14.7. The molecule has 1 amide bonds. The molecule has 1 aliphatic heterocycles. The Hall–Kier alpha value is -2.18. The fourth-order valence-corrected chi connectivity index (χ4v) is 3.29. The van der Waals surface area contributed by atoms with E-state index in [9.17, 15) is 4.79 Å². The Bertz CT molecular complexity index is 719. The molecular weight excluding hydrogens is 350 g/mol. The van der Waals surface area contributed by atoms with Crippen LogP contribution in [0, 0.1) is 0 Å². The minimum absolute atomic E-state index is 0.205. The largest absolute Gasteiger partial charge is 0.339 e. The molecule has 1 saturated heterocycles. The molecule has 0 saturated carbocycles. The quantitative estimate of drug-likeness (QED) is 0.777. The molecule has 0 unspecified atom stereocenters. The number of aromatic nitrogens is 2. The minimum atomic E-state index is 0.205. The van der Waals surface area contributed by atoms with Gasteiger partial charge in [-0.15, -0.1) is 0 Å². The standard InChI is InChI=1S/C19H24ClN5O/c1-23(15-16-4-2-5-17(20)14-16)9-6-18(26)24-10-12-25(13-11-24)19-21-7-3-8-22-19/h2-5,7-8,14H,6,9-13,15H2,1H3. The number of carbonyl (C=O) groups excluding carboxylic acids is 1. The molecule has 138 valence electrons. The molecule has 2 aromatic rings. The van der Waals surface area contributed by atoms with Crippen molar-refractivity contribution >= 4 is 23.5 Å². The maximum absolute atomic E-state index is 12.5. The predicted molar refractivity (Wildman–Crippen MR) is 103 cm³/mol. The number of nitrogens with zero attached hydrogens (tertiary/aromatic N) is 5. The smallest absolute Gasteiger partial charge is 0.225 e. The molecule has 26 heavy (non-hydrogen) atoms. The fraction of sp³-hybridized carbons (Fsp3) is 0.421. The van der Waals surface area contributed by atoms with Crippen LogP contribution in [0.25, 0.3) is 0 Å². The molecule has 3 rings (SSSR count). The molecule has 2 heterocycles. The second kappa shape index (κ2) is 8.96. The molecule has 7 heteroatoms. The second-order valence-corrected chi connectivity index (χ2v) is 6.97. The van der Waals surface area contributed by atoms with Crippen molar-refractivity contribution < 1.29 is 4.79 Å². The number of rotatable bonds is 6. The molecule has 1 aliphatic rings. The van der Waals surface area contributed by atoms with Crippen molar-refractivity contribution in [3.8, 4) is 0 Å². The summed E-state index contributed by atoms with van der Waals surface area (Å²) in [6.07, 6.45) is 4.02. The molecule has 0 atom stereocenters. The van der Waals surface area contributed by atoms with Gasteiger partial charge in [0.05, 0.1) is 0 Å². The van der Waals surface area contributed by atoms with Gasteiger partial charge in [-0.2, -0.15) is 0 Å². The third-order valence-electron chi connectivity index (χ3n) is 4.52. The average Bonchev–Trinajstić information content (AvgIpc) is 2.67. The zero-order valence-electron chi connectivity index (χ0n) is 15.0. The van der Waals surface area contributed by atoms with Gasteiger partial charge in [0.15, 0.2) is 0 Å². The number of amides is 1. The lowest BCUT2D eigenvalue weighted by molar-refractivity contribution is -0.131. The minimum Gasteiger partial charge on any atom is -0.339 e. The summed E-state index contributed by atoms with van der Waals surface area (Å²) in [5.74, 6) is 0.942. The van der Waals surface area contributed by atoms with Gasteiger partial charge < -0.3 is 14.7 Å². The molecule has 0 bridgehead atoms. The highest BCUT2D eigenvalue weighted by Gasteiger charge is 2.22. The van der Waals surface area contributed by atoms with Crippen molar-refractivity contribution in [2.45, 2.75) is 13.0 Å². The SMILES string of the molecule is CN(CCC(=O)N1CCN(c2ncccn2)CC1)Cc1cccc(Cl)c1. The van der Waals surface area contributed by atoms with Crippen molar-refractivity contribution in [1.29, 1.82) is 0 Å². The van der Waals surface area contributed by atoms with Crippen LogP contribution >= 0.6 is 11.6 Å². The molecule has 1 aromatic heterocycles. The number of hydrogen-bond donors (Lipinski definition) is 0. The van der Waals surface area contributed by atoms with E-state index in [1.165, 1.54) is 0 Å². The Morgan fingerprint density at radius 1 is 1.15 bits per heavy atom. The number of halogens is 1. The van der Waals surface area contributed by atoms with E-state index in [0.717, 1.165) is 55.8 Å². The van der Waals surface area contributed by atoms with Gasteiger partial charge >= 0.3 is 0 Å². The first-order valence-corrected chi connectivity index (χ1v) is 9.22. The van der Waals surface area contributed by atoms with Crippen molar-refractivity contribution in [2.24, 2.45) is 0 Å². The maximum atomic E-state index is 12.5. The van der Waals surface area contributed by atoms with Gasteiger partial charge in [-0.05, 0) is 30.8 Å². The molecule has 6 nitrogen and oxygen atoms in total. The number of hydrogen-bond acceptors (Lipinski definition) is 5. The highest BCUT2D eigenvalue weighted by atomic mass is 35.5. The fourth-order valence-electron chi connectivity index (χ4n) is 3.08. The first-order valence-electron chi connectivity index (χ1n) is 8.84. The number of anilines is 1. The third kappa shape index (κ3) is 5.16. The van der Waals surface area contributed by atoms with E-state index in [4.69, 9.17) is 11.6 Å². The summed E-state index contributed by atoms with van der Waals surface area (Å²) in [6, 6.07) is 9.64. The lowest BCUT2D eigenvalue weighted by Crippen LogP contribution is -2.49. The van der Waals surface area contributed by atoms with Crippen molar-refractivity contribution in [3.05, 3.63) is 53.3 Å². The van der Waals surface area contributed by atoms with Gasteiger partial charge in [0.1, 0.15) is 0 Å². The summed E-state index contributed by atoms with van der Waals surface area (Å²) < 4.78 is 0. The van der Waals surface area contributed by atoms with Crippen LogP contribution < -0.4 is 4.90 Å². The summed E-state index contributed by atoms with van der Waals surface area (Å²) in [7, 11) is 2.03. The second-order valence-electron chi connectivity index (χ2n) is 6.53. The summed E-state index contributed by atoms with van der Waals surface area (Å²) >= 11 is 6.02. The average molecular weight is 374 g/mol. The Labute approximate surface area is 159 Å². The number of carbonyl (C=O) groups is 1. The molecule has 0 radical (unpaired) electrons. The van der Waals surface area contributed by atoms with Crippen molar-refractivity contribution in [2.75, 3.05) is 44.7 Å². The maximum Gasteiger partial charge on any atom is 0.225 e. The molecule has 1 aromatic carbocycles. The van der Waals surface area contributed by atoms with E-state index < -0.39 is 0 Å². The lowest BCUT2D eigenvalue weighted by atomic mass is 10.2. The Morgan fingerprint density at radius 3 is 2.58 bits per heavy atom. The van der Waals surface area contributed by atoms with Crippen LogP contribution in [-0.4, -0.2) is 65.4 Å². The monoisotopic (exact) mass is 373 g/mol. The number of benzene rings is 1. The zero-order valence-corrected chi connectivity index (χ0v) is 15.8. The van der Waals surface area contributed by atoms with Gasteiger partial charge in [-0.25, -0.2) is 9.97 Å². The number of piperazine rings is 1. The predicted octanol–water partition coefficient (Wildman–Crippen LogP) is 2.30. The van der Waals surface area contributed by atoms with E-state index in [0.29, 0.717) is 6.42 Å². The Morgan fingerprint density at radius 2 is 1.88 bits per heavy atom. The molecule has 0 aliphatic carbocycles. The molecule has 0 N–H and O–H groups in total. The van der Waals surface area contributed by atoms with E-state index in [2.05, 4.69) is 25.8 Å². The summed E-state index contributed by atoms with van der Waals surface area (Å²) in [5.41, 5.74) is 1.16. The Balaban J connectivity index is 1.41. The van der Waals surface area contributed by atoms with Crippen LogP contribution in [0.2, 0.25) is 5.02 Å². The topological polar surface area (TPSA) is 52.6 Å². The highest BCUT2D eigenvalue weighted by Crippen LogP contribution is 2.13. The van der Waals surface area contributed by atoms with Crippen molar-refractivity contribution in [3.63, 3.8) is 0 Å². The summed E-state index contributed by atoms with van der Waals surface area (Å²) in [6.45, 7) is 4.49. The molecule has 0 spiro atoms. The van der Waals surface area contributed by atoms with E-state index in [1.807, 2.05) is 36.2 Å². The van der Waals surface area contributed by atoms with Crippen LogP contribution in [-0.2, 0) is 11.3 Å². The van der Waals surface area contributed by atoms with E-state index >= 15 is 0 Å². The summed E-state index contributed by atoms with van der Waals surface area (Å²) in [4.78, 5) is 27.2. The van der Waals surface area contributed by atoms with Crippen LogP contribution in [0.5, 0.6) is 0 Å². The lowest BCUT2D eigenvalue weighted by Gasteiger charge is -2.35. The molecule has 1 fully saturated rings. The van der Waals surface area contributed by atoms with Crippen molar-refractivity contribution in [1.82, 2.24) is 19.8 Å². The van der Waals surface area contributed by atoms with Gasteiger partial charge in [0.25, 0.3) is 0 Å². The Kier molecular flexibility index (Phi) is 6.41. The zero-order chi connectivity index (χ0) is 18.4. The highest BCUT2D eigenvalue weighted by molar-refractivity contribution is 6.30. The van der Waals surface area contributed by atoms with Crippen LogP contribution in [0.4, 0.5) is 5.95 Å². The van der Waals surface area contributed by atoms with Crippen LogP contribution in [0.1, 0.15) is 12.0 Å². The van der Waals surface area contributed by atoms with Crippen LogP contribution in [0.3, 0.4) is 0 Å². The van der Waals surface area contributed by atoms with Gasteiger partial charge in [-0.3, -0.25) is 4.79 Å². The molecular formula is C19H24ClN5O.